The Bertz CT molecular complexity index is 1020. The van der Waals surface area contributed by atoms with Crippen molar-refractivity contribution in [3.63, 3.8) is 0 Å². The minimum atomic E-state index is 0.0727. The quantitative estimate of drug-likeness (QED) is 0.457. The summed E-state index contributed by atoms with van der Waals surface area (Å²) in [5.41, 5.74) is 6.45. The summed E-state index contributed by atoms with van der Waals surface area (Å²) >= 11 is 1.56. The minimum Gasteiger partial charge on any atom is -0.383 e. The smallest absolute Gasteiger partial charge is 0.253 e. The molecule has 32 heavy (non-hydrogen) atoms. The van der Waals surface area contributed by atoms with Gasteiger partial charge >= 0.3 is 0 Å². The molecule has 1 amide bonds. The molecule has 0 bridgehead atoms. The molecule has 0 atom stereocenters. The lowest BCUT2D eigenvalue weighted by atomic mass is 10.1. The molecule has 0 spiro atoms. The second-order valence-electron chi connectivity index (χ2n) is 8.30. The molecule has 1 aromatic carbocycles. The maximum Gasteiger partial charge on any atom is 0.253 e. The van der Waals surface area contributed by atoms with Gasteiger partial charge in [0.05, 0.1) is 16.9 Å². The number of nitrogens with zero attached hydrogens (tertiary/aromatic N) is 4. The van der Waals surface area contributed by atoms with Crippen molar-refractivity contribution in [3.8, 4) is 11.3 Å². The highest BCUT2D eigenvalue weighted by Crippen LogP contribution is 2.30. The zero-order valence-electron chi connectivity index (χ0n) is 19.1. The molecular weight excluding hydrogens is 418 g/mol. The predicted octanol–water partition coefficient (Wildman–Crippen LogP) is 5.13. The Labute approximate surface area is 194 Å². The van der Waals surface area contributed by atoms with Gasteiger partial charge in [-0.25, -0.2) is 9.97 Å². The molecule has 1 aliphatic heterocycles. The highest BCUT2D eigenvalue weighted by Gasteiger charge is 2.14. The number of anilines is 1. The molecule has 7 heteroatoms. The van der Waals surface area contributed by atoms with E-state index in [1.165, 1.54) is 32.4 Å². The molecule has 3 heterocycles. The molecule has 4 rings (SSSR count). The van der Waals surface area contributed by atoms with Crippen LogP contribution in [0.4, 0.5) is 5.69 Å². The van der Waals surface area contributed by atoms with Crippen molar-refractivity contribution in [2.75, 3.05) is 44.6 Å². The Kier molecular flexibility index (Phi) is 7.71. The SMILES string of the molecule is CCN(CC)C(=O)c1ccc(-c2cc(NCCCN3CCCCC3)c3ncsc3n2)cc1. The number of nitrogens with one attached hydrogen (secondary N) is 1. The first-order chi connectivity index (χ1) is 15.7. The monoisotopic (exact) mass is 451 g/mol. The second-order valence-corrected chi connectivity index (χ2v) is 9.13. The van der Waals surface area contributed by atoms with Crippen LogP contribution in [-0.4, -0.2) is 64.9 Å². The van der Waals surface area contributed by atoms with Crippen LogP contribution in [0, 0.1) is 0 Å². The lowest BCUT2D eigenvalue weighted by Crippen LogP contribution is -2.31. The highest BCUT2D eigenvalue weighted by molar-refractivity contribution is 7.16. The van der Waals surface area contributed by atoms with Crippen molar-refractivity contribution in [2.24, 2.45) is 0 Å². The van der Waals surface area contributed by atoms with Crippen molar-refractivity contribution in [3.05, 3.63) is 41.4 Å². The Balaban J connectivity index is 1.46. The number of carbonyl (C=O) groups is 1. The Morgan fingerprint density at radius 1 is 1.12 bits per heavy atom. The molecule has 3 aromatic rings. The zero-order valence-corrected chi connectivity index (χ0v) is 20.0. The van der Waals surface area contributed by atoms with Crippen molar-refractivity contribution in [2.45, 2.75) is 39.5 Å². The van der Waals surface area contributed by atoms with Crippen LogP contribution in [0.2, 0.25) is 0 Å². The maximum absolute atomic E-state index is 12.6. The van der Waals surface area contributed by atoms with Crippen LogP contribution in [0.3, 0.4) is 0 Å². The lowest BCUT2D eigenvalue weighted by molar-refractivity contribution is 0.0773. The summed E-state index contributed by atoms with van der Waals surface area (Å²) in [5.74, 6) is 0.0727. The number of pyridine rings is 1. The highest BCUT2D eigenvalue weighted by atomic mass is 32.1. The van der Waals surface area contributed by atoms with Crippen molar-refractivity contribution in [1.29, 1.82) is 0 Å². The van der Waals surface area contributed by atoms with E-state index in [1.807, 2.05) is 48.5 Å². The van der Waals surface area contributed by atoms with Crippen LogP contribution in [0.1, 0.15) is 49.9 Å². The van der Waals surface area contributed by atoms with E-state index >= 15 is 0 Å². The van der Waals surface area contributed by atoms with Gasteiger partial charge in [-0.15, -0.1) is 11.3 Å². The summed E-state index contributed by atoms with van der Waals surface area (Å²) in [5, 5.41) is 3.60. The van der Waals surface area contributed by atoms with Gasteiger partial charge in [0, 0.05) is 30.8 Å². The van der Waals surface area contributed by atoms with Crippen LogP contribution in [0.5, 0.6) is 0 Å². The molecule has 2 aromatic heterocycles. The molecule has 0 unspecified atom stereocenters. The van der Waals surface area contributed by atoms with Crippen molar-refractivity contribution in [1.82, 2.24) is 19.8 Å². The van der Waals surface area contributed by atoms with Gasteiger partial charge in [0.25, 0.3) is 5.91 Å². The zero-order chi connectivity index (χ0) is 22.3. The molecule has 0 radical (unpaired) electrons. The van der Waals surface area contributed by atoms with Gasteiger partial charge in [-0.2, -0.15) is 0 Å². The molecule has 1 fully saturated rings. The van der Waals surface area contributed by atoms with Gasteiger partial charge in [-0.05, 0) is 70.9 Å². The number of piperidine rings is 1. The van der Waals surface area contributed by atoms with Crippen LogP contribution < -0.4 is 5.32 Å². The third kappa shape index (κ3) is 5.27. The van der Waals surface area contributed by atoms with Gasteiger partial charge in [0.1, 0.15) is 10.3 Å². The number of benzene rings is 1. The maximum atomic E-state index is 12.6. The summed E-state index contributed by atoms with van der Waals surface area (Å²) in [4.78, 5) is 27.3. The third-order valence-corrected chi connectivity index (χ3v) is 6.92. The van der Waals surface area contributed by atoms with E-state index in [0.717, 1.165) is 46.8 Å². The minimum absolute atomic E-state index is 0.0727. The number of hydrogen-bond donors (Lipinski definition) is 1. The number of rotatable bonds is 9. The molecule has 1 N–H and O–H groups in total. The summed E-state index contributed by atoms with van der Waals surface area (Å²) in [6, 6.07) is 9.88. The molecule has 1 saturated heterocycles. The Hall–Kier alpha value is -2.51. The van der Waals surface area contributed by atoms with Crippen LogP contribution in [0.25, 0.3) is 21.6 Å². The standard InChI is InChI=1S/C25H33N5OS/c1-3-30(4-2)25(31)20-11-9-19(10-12-20)21-17-22(23-24(28-21)32-18-27-23)26-13-8-16-29-14-6-5-7-15-29/h9-12,17-18H,3-8,13-16H2,1-2H3,(H,26,28). The van der Waals surface area contributed by atoms with Crippen molar-refractivity contribution < 1.29 is 4.79 Å². The molecular formula is C25H33N5OS. The number of fused-ring (bicyclic) bond motifs is 1. The van der Waals surface area contributed by atoms with Gasteiger partial charge in [0.15, 0.2) is 0 Å². The van der Waals surface area contributed by atoms with Gasteiger partial charge < -0.3 is 15.1 Å². The molecule has 1 aliphatic rings. The first-order valence-electron chi connectivity index (χ1n) is 11.8. The number of amides is 1. The van der Waals surface area contributed by atoms with Crippen LogP contribution >= 0.6 is 11.3 Å². The third-order valence-electron chi connectivity index (χ3n) is 6.20. The van der Waals surface area contributed by atoms with Gasteiger partial charge in [-0.3, -0.25) is 4.79 Å². The van der Waals surface area contributed by atoms with E-state index < -0.39 is 0 Å². The second kappa shape index (κ2) is 10.9. The molecule has 0 aliphatic carbocycles. The van der Waals surface area contributed by atoms with E-state index in [-0.39, 0.29) is 5.91 Å². The van der Waals surface area contributed by atoms with Gasteiger partial charge in [-0.1, -0.05) is 18.6 Å². The van der Waals surface area contributed by atoms with E-state index in [2.05, 4.69) is 21.3 Å². The van der Waals surface area contributed by atoms with Gasteiger partial charge in [0.2, 0.25) is 0 Å². The van der Waals surface area contributed by atoms with E-state index in [9.17, 15) is 4.79 Å². The topological polar surface area (TPSA) is 61.4 Å². The molecule has 6 nitrogen and oxygen atoms in total. The number of hydrogen-bond acceptors (Lipinski definition) is 6. The fraction of sp³-hybridized carbons (Fsp3) is 0.480. The fourth-order valence-electron chi connectivity index (χ4n) is 4.32. The Morgan fingerprint density at radius 2 is 1.88 bits per heavy atom. The largest absolute Gasteiger partial charge is 0.383 e. The lowest BCUT2D eigenvalue weighted by Gasteiger charge is -2.26. The summed E-state index contributed by atoms with van der Waals surface area (Å²) < 4.78 is 0. The molecule has 170 valence electrons. The number of aromatic nitrogens is 2. The van der Waals surface area contributed by atoms with E-state index in [1.54, 1.807) is 11.3 Å². The Morgan fingerprint density at radius 3 is 2.59 bits per heavy atom. The summed E-state index contributed by atoms with van der Waals surface area (Å²) in [7, 11) is 0. The van der Waals surface area contributed by atoms with Crippen LogP contribution in [-0.2, 0) is 0 Å². The summed E-state index contributed by atoms with van der Waals surface area (Å²) in [6.45, 7) is 9.99. The normalized spacial score (nSPS) is 14.6. The average Bonchev–Trinajstić information content (AvgIpc) is 3.32. The average molecular weight is 452 g/mol. The first-order valence-corrected chi connectivity index (χ1v) is 12.7. The number of likely N-dealkylation sites (tertiary alicyclic amines) is 1. The first kappa shape index (κ1) is 22.7. The van der Waals surface area contributed by atoms with E-state index in [4.69, 9.17) is 4.98 Å². The van der Waals surface area contributed by atoms with Crippen molar-refractivity contribution >= 4 is 33.3 Å². The van der Waals surface area contributed by atoms with E-state index in [0.29, 0.717) is 18.7 Å². The molecule has 0 saturated carbocycles. The van der Waals surface area contributed by atoms with Crippen LogP contribution in [0.15, 0.2) is 35.8 Å². The number of thiazole rings is 1. The predicted molar refractivity (Wildman–Crippen MR) is 134 cm³/mol. The number of carbonyl (C=O) groups excluding carboxylic acids is 1. The summed E-state index contributed by atoms with van der Waals surface area (Å²) in [6.07, 6.45) is 5.16. The fourth-order valence-corrected chi connectivity index (χ4v) is 5.00.